The van der Waals surface area contributed by atoms with Crippen molar-refractivity contribution in [3.63, 3.8) is 0 Å². The SMILES string of the molecule is C=C[C@H]1[C@H](O[C@@H]2O[C@H](COC(C)=O)[C@@H](OC(=O)c3cccc(O[C@@H]4O[C@H](CO)[C@@H](O)[C@H](O)[C@H]4O)c3O)[C@H](OC(C)=O)[C@H]2OC(=O)c2cc(O)ccc2O)OC=C2C(=O)OCC[C@]21O. The molecule has 13 atom stereocenters. The lowest BCUT2D eigenvalue weighted by atomic mass is 9.76. The topological polar surface area (TPSA) is 339 Å². The highest BCUT2D eigenvalue weighted by Crippen LogP contribution is 2.43. The molecule has 63 heavy (non-hydrogen) atoms. The summed E-state index contributed by atoms with van der Waals surface area (Å²) in [4.78, 5) is 65.3. The Morgan fingerprint density at radius 1 is 0.841 bits per heavy atom. The number of para-hydroxylation sites is 1. The van der Waals surface area contributed by atoms with E-state index in [1.807, 2.05) is 0 Å². The normalized spacial score (nSPS) is 32.6. The Labute approximate surface area is 356 Å². The third kappa shape index (κ3) is 9.64. The zero-order valence-electron chi connectivity index (χ0n) is 33.3. The van der Waals surface area contributed by atoms with Gasteiger partial charge in [0.1, 0.15) is 70.9 Å². The maximum atomic E-state index is 14.0. The van der Waals surface area contributed by atoms with Gasteiger partial charge in [-0.25, -0.2) is 14.4 Å². The molecular weight excluding hydrogens is 848 g/mol. The Bertz CT molecular complexity index is 2100. The summed E-state index contributed by atoms with van der Waals surface area (Å²) in [6.07, 6.45) is -18.1. The van der Waals surface area contributed by atoms with Crippen molar-refractivity contribution in [3.8, 4) is 23.0 Å². The number of aliphatic hydroxyl groups is 5. The van der Waals surface area contributed by atoms with Crippen LogP contribution in [0.25, 0.3) is 0 Å². The van der Waals surface area contributed by atoms with Crippen molar-refractivity contribution in [2.75, 3.05) is 19.8 Å². The third-order valence-electron chi connectivity index (χ3n) is 10.4. The molecule has 0 unspecified atom stereocenters. The Morgan fingerprint density at radius 3 is 2.22 bits per heavy atom. The molecule has 23 nitrogen and oxygen atoms in total. The molecule has 23 heteroatoms. The van der Waals surface area contributed by atoms with Gasteiger partial charge in [-0.3, -0.25) is 9.59 Å². The fourth-order valence-corrected chi connectivity index (χ4v) is 7.23. The number of rotatable bonds is 13. The van der Waals surface area contributed by atoms with Gasteiger partial charge in [0, 0.05) is 20.3 Å². The van der Waals surface area contributed by atoms with Crippen molar-refractivity contribution in [1.29, 1.82) is 0 Å². The highest BCUT2D eigenvalue weighted by atomic mass is 16.8. The molecule has 0 saturated carbocycles. The van der Waals surface area contributed by atoms with Crippen molar-refractivity contribution in [1.82, 2.24) is 0 Å². The van der Waals surface area contributed by atoms with Crippen molar-refractivity contribution < 1.29 is 112 Å². The first kappa shape index (κ1) is 46.5. The number of ether oxygens (including phenoxy) is 10. The van der Waals surface area contributed by atoms with Gasteiger partial charge in [0.25, 0.3) is 0 Å². The molecule has 0 bridgehead atoms. The maximum absolute atomic E-state index is 14.0. The summed E-state index contributed by atoms with van der Waals surface area (Å²) in [5.41, 5.74) is -3.52. The molecule has 0 amide bonds. The molecule has 3 fully saturated rings. The molecule has 8 N–H and O–H groups in total. The molecule has 342 valence electrons. The van der Waals surface area contributed by atoms with Crippen LogP contribution in [-0.4, -0.2) is 164 Å². The van der Waals surface area contributed by atoms with E-state index in [0.29, 0.717) is 0 Å². The molecule has 0 aliphatic carbocycles. The molecule has 4 aliphatic heterocycles. The first-order valence-corrected chi connectivity index (χ1v) is 19.1. The number of carbonyl (C=O) groups excluding carboxylic acids is 5. The second kappa shape index (κ2) is 19.1. The smallest absolute Gasteiger partial charge is 0.342 e. The molecule has 0 spiro atoms. The number of hydrogen-bond donors (Lipinski definition) is 8. The molecule has 0 aromatic heterocycles. The van der Waals surface area contributed by atoms with Crippen molar-refractivity contribution in [3.05, 3.63) is 72.0 Å². The number of phenols is 3. The lowest BCUT2D eigenvalue weighted by Gasteiger charge is -2.48. The van der Waals surface area contributed by atoms with Gasteiger partial charge in [-0.05, 0) is 30.3 Å². The van der Waals surface area contributed by atoms with E-state index in [9.17, 15) is 64.8 Å². The van der Waals surface area contributed by atoms with Crippen LogP contribution in [-0.2, 0) is 57.0 Å². The average molecular weight is 893 g/mol. The van der Waals surface area contributed by atoms with Crippen LogP contribution in [0.15, 0.2) is 60.9 Å². The summed E-state index contributed by atoms with van der Waals surface area (Å²) < 4.78 is 56.1. The Kier molecular flexibility index (Phi) is 14.1. The Hall–Kier alpha value is -6.05. The summed E-state index contributed by atoms with van der Waals surface area (Å²) >= 11 is 0. The van der Waals surface area contributed by atoms with E-state index in [4.69, 9.17) is 47.4 Å². The zero-order valence-corrected chi connectivity index (χ0v) is 33.3. The molecule has 4 aliphatic rings. The standard InChI is InChI=1S/C40H44O23/c1-4-21-37(56-14-22-36(52)54-11-10-40(21,22)53)63-39-33(62-35(51)20-12-18(44)8-9-23(20)45)32(57-17(3)43)31(26(60-39)15-55-16(2)42)61-34(50)19-6-5-7-24(27(19)46)58-38-30(49)29(48)28(47)25(13-41)59-38/h4-9,12,14,21,25-26,28-33,37-39,41,44-49,53H,1,10-11,13,15H2,2-3H3/t21-,25+,26+,28+,29-,30+,31+,32-,33+,37-,38+,39-,40+/m0/s1. The third-order valence-corrected chi connectivity index (χ3v) is 10.4. The molecule has 2 aromatic carbocycles. The zero-order chi connectivity index (χ0) is 45.9. The highest BCUT2D eigenvalue weighted by molar-refractivity contribution is 5.94. The van der Waals surface area contributed by atoms with E-state index >= 15 is 0 Å². The van der Waals surface area contributed by atoms with E-state index in [-0.39, 0.29) is 18.6 Å². The number of carbonyl (C=O) groups is 5. The molecule has 2 aromatic rings. The van der Waals surface area contributed by atoms with E-state index in [0.717, 1.165) is 50.4 Å². The minimum absolute atomic E-state index is 0.143. The quantitative estimate of drug-likeness (QED) is 0.0501. The van der Waals surface area contributed by atoms with E-state index < -0.39 is 156 Å². The second-order valence-electron chi connectivity index (χ2n) is 14.6. The molecular formula is C40H44O23. The minimum atomic E-state index is -2.05. The lowest BCUT2D eigenvalue weighted by Crippen LogP contribution is -2.64. The number of hydrogen-bond acceptors (Lipinski definition) is 23. The summed E-state index contributed by atoms with van der Waals surface area (Å²) in [7, 11) is 0. The summed E-state index contributed by atoms with van der Waals surface area (Å²) in [6.45, 7) is 3.89. The van der Waals surface area contributed by atoms with Gasteiger partial charge in [-0.2, -0.15) is 0 Å². The van der Waals surface area contributed by atoms with Crippen molar-refractivity contribution >= 4 is 29.8 Å². The largest absolute Gasteiger partial charge is 0.508 e. The number of fused-ring (bicyclic) bond motifs is 1. The van der Waals surface area contributed by atoms with E-state index in [1.54, 1.807) is 0 Å². The first-order chi connectivity index (χ1) is 29.9. The first-order valence-electron chi connectivity index (χ1n) is 19.1. The van der Waals surface area contributed by atoms with E-state index in [2.05, 4.69) is 6.58 Å². The fraction of sp³-hybridized carbons (Fsp3) is 0.475. The van der Waals surface area contributed by atoms with Gasteiger partial charge >= 0.3 is 29.8 Å². The summed E-state index contributed by atoms with van der Waals surface area (Å²) in [5.74, 6) is -9.55. The van der Waals surface area contributed by atoms with Crippen molar-refractivity contribution in [2.45, 2.75) is 93.6 Å². The van der Waals surface area contributed by atoms with Gasteiger partial charge in [0.05, 0.1) is 25.4 Å². The van der Waals surface area contributed by atoms with Gasteiger partial charge in [-0.1, -0.05) is 12.1 Å². The monoisotopic (exact) mass is 892 g/mol. The van der Waals surface area contributed by atoms with Gasteiger partial charge in [0.2, 0.25) is 18.9 Å². The number of cyclic esters (lactones) is 1. The van der Waals surface area contributed by atoms with Crippen LogP contribution in [0.3, 0.4) is 0 Å². The lowest BCUT2D eigenvalue weighted by molar-refractivity contribution is -0.343. The number of esters is 5. The Balaban J connectivity index is 1.38. The molecule has 6 rings (SSSR count). The van der Waals surface area contributed by atoms with Crippen LogP contribution in [0.1, 0.15) is 41.0 Å². The van der Waals surface area contributed by atoms with Gasteiger partial charge in [0.15, 0.2) is 29.8 Å². The summed E-state index contributed by atoms with van der Waals surface area (Å²) in [6, 6.07) is 6.20. The van der Waals surface area contributed by atoms with Gasteiger partial charge in [-0.15, -0.1) is 6.58 Å². The maximum Gasteiger partial charge on any atom is 0.342 e. The van der Waals surface area contributed by atoms with Crippen LogP contribution < -0.4 is 4.74 Å². The predicted molar refractivity (Wildman–Crippen MR) is 200 cm³/mol. The highest BCUT2D eigenvalue weighted by Gasteiger charge is 2.58. The molecule has 3 saturated heterocycles. The second-order valence-corrected chi connectivity index (χ2v) is 14.6. The fourth-order valence-electron chi connectivity index (χ4n) is 7.23. The number of aliphatic hydroxyl groups excluding tert-OH is 4. The van der Waals surface area contributed by atoms with Crippen LogP contribution in [0.5, 0.6) is 23.0 Å². The van der Waals surface area contributed by atoms with Crippen LogP contribution in [0, 0.1) is 5.92 Å². The van der Waals surface area contributed by atoms with Crippen LogP contribution in [0.2, 0.25) is 0 Å². The average Bonchev–Trinajstić information content (AvgIpc) is 3.23. The molecule has 0 radical (unpaired) electrons. The predicted octanol–water partition coefficient (Wildman–Crippen LogP) is -1.31. The van der Waals surface area contributed by atoms with E-state index in [1.165, 1.54) is 12.1 Å². The van der Waals surface area contributed by atoms with Crippen molar-refractivity contribution in [2.24, 2.45) is 5.92 Å². The number of benzene rings is 2. The van der Waals surface area contributed by atoms with Crippen LogP contribution >= 0.6 is 0 Å². The van der Waals surface area contributed by atoms with Crippen LogP contribution in [0.4, 0.5) is 0 Å². The Morgan fingerprint density at radius 2 is 1.54 bits per heavy atom. The minimum Gasteiger partial charge on any atom is -0.508 e. The van der Waals surface area contributed by atoms with Gasteiger partial charge < -0.3 is 88.2 Å². The molecule has 4 heterocycles. The number of aromatic hydroxyl groups is 3. The summed E-state index contributed by atoms with van der Waals surface area (Å²) in [5, 5.41) is 83.9. The number of phenolic OH excluding ortho intramolecular Hbond substituents is 3.